The van der Waals surface area contributed by atoms with Crippen molar-refractivity contribution in [1.29, 1.82) is 5.26 Å². The van der Waals surface area contributed by atoms with E-state index in [9.17, 15) is 8.78 Å². The van der Waals surface area contributed by atoms with Gasteiger partial charge in [-0.25, -0.2) is 8.78 Å². The summed E-state index contributed by atoms with van der Waals surface area (Å²) in [4.78, 5) is 0. The lowest BCUT2D eigenvalue weighted by Crippen LogP contribution is -2.00. The van der Waals surface area contributed by atoms with Gasteiger partial charge in [0, 0.05) is 6.07 Å². The summed E-state index contributed by atoms with van der Waals surface area (Å²) in [6.07, 6.45) is 0. The summed E-state index contributed by atoms with van der Waals surface area (Å²) in [5.74, 6) is -1.04. The van der Waals surface area contributed by atoms with Crippen molar-refractivity contribution in [3.05, 3.63) is 51.1 Å². The Balaban J connectivity index is 2.37. The number of anilines is 3. The molecule has 96 valence electrons. The lowest BCUT2D eigenvalue weighted by molar-refractivity contribution is 0.620. The van der Waals surface area contributed by atoms with E-state index in [4.69, 9.17) is 11.0 Å². The maximum atomic E-state index is 13.7. The van der Waals surface area contributed by atoms with Crippen LogP contribution >= 0.6 is 22.6 Å². The molecule has 0 aromatic heterocycles. The van der Waals surface area contributed by atoms with E-state index in [-0.39, 0.29) is 16.9 Å². The van der Waals surface area contributed by atoms with Crippen molar-refractivity contribution in [2.24, 2.45) is 0 Å². The first-order valence-electron chi connectivity index (χ1n) is 5.22. The van der Waals surface area contributed by atoms with E-state index in [2.05, 4.69) is 5.32 Å². The Morgan fingerprint density at radius 1 is 1.11 bits per heavy atom. The summed E-state index contributed by atoms with van der Waals surface area (Å²) in [5, 5.41) is 11.4. The second kappa shape index (κ2) is 5.40. The Labute approximate surface area is 122 Å². The predicted octanol–water partition coefficient (Wildman–Crippen LogP) is 3.77. The molecular formula is C13H8F2IN3. The van der Waals surface area contributed by atoms with Gasteiger partial charge in [0.15, 0.2) is 0 Å². The number of rotatable bonds is 2. The average molecular weight is 371 g/mol. The molecule has 0 atom stereocenters. The Bertz CT molecular complexity index is 680. The van der Waals surface area contributed by atoms with Crippen molar-refractivity contribution in [1.82, 2.24) is 0 Å². The van der Waals surface area contributed by atoms with E-state index in [0.717, 1.165) is 6.07 Å². The molecule has 3 N–H and O–H groups in total. The second-order valence-corrected chi connectivity index (χ2v) is 4.95. The number of nitrogens with one attached hydrogen (secondary N) is 1. The number of hydrogen-bond acceptors (Lipinski definition) is 3. The van der Waals surface area contributed by atoms with Crippen LogP contribution in [-0.4, -0.2) is 0 Å². The first kappa shape index (κ1) is 13.5. The Kier molecular flexibility index (Phi) is 3.85. The number of halogens is 3. The van der Waals surface area contributed by atoms with Crippen LogP contribution in [0.4, 0.5) is 25.8 Å². The van der Waals surface area contributed by atoms with Crippen LogP contribution in [0, 0.1) is 26.5 Å². The highest BCUT2D eigenvalue weighted by atomic mass is 127. The van der Waals surface area contributed by atoms with Gasteiger partial charge in [0.1, 0.15) is 11.6 Å². The maximum Gasteiger partial charge on any atom is 0.147 e. The Hall–Kier alpha value is -1.88. The predicted molar refractivity (Wildman–Crippen MR) is 77.9 cm³/mol. The maximum absolute atomic E-state index is 13.7. The van der Waals surface area contributed by atoms with E-state index in [0.29, 0.717) is 9.26 Å². The molecule has 0 unspecified atom stereocenters. The lowest BCUT2D eigenvalue weighted by atomic mass is 10.2. The zero-order valence-electron chi connectivity index (χ0n) is 9.55. The van der Waals surface area contributed by atoms with Crippen LogP contribution in [0.2, 0.25) is 0 Å². The molecule has 2 aromatic rings. The molecule has 0 saturated carbocycles. The van der Waals surface area contributed by atoms with E-state index < -0.39 is 11.6 Å². The third-order valence-electron chi connectivity index (χ3n) is 2.46. The number of nitrogens with two attached hydrogens (primary N) is 1. The zero-order valence-corrected chi connectivity index (χ0v) is 11.7. The molecule has 0 heterocycles. The van der Waals surface area contributed by atoms with Gasteiger partial charge in [0.05, 0.1) is 32.3 Å². The summed E-state index contributed by atoms with van der Waals surface area (Å²) in [6, 6.07) is 8.46. The molecular weight excluding hydrogens is 363 g/mol. The highest BCUT2D eigenvalue weighted by Gasteiger charge is 2.09. The summed E-state index contributed by atoms with van der Waals surface area (Å²) in [6.45, 7) is 0. The summed E-state index contributed by atoms with van der Waals surface area (Å²) in [5.41, 5.74) is 6.67. The normalized spacial score (nSPS) is 10.0. The number of nitrogens with zero attached hydrogens (tertiary/aromatic N) is 1. The van der Waals surface area contributed by atoms with Gasteiger partial charge in [-0.3, -0.25) is 0 Å². The van der Waals surface area contributed by atoms with Gasteiger partial charge in [0.2, 0.25) is 0 Å². The molecule has 3 nitrogen and oxygen atoms in total. The molecule has 0 spiro atoms. The standard InChI is InChI=1S/C13H8F2IN3/c14-8-4-13(11(18)5-10(8)16)19-12-2-1-7(6-17)3-9(12)15/h1-5,19H,18H2. The van der Waals surface area contributed by atoms with E-state index in [1.54, 1.807) is 0 Å². The van der Waals surface area contributed by atoms with Crippen LogP contribution < -0.4 is 11.1 Å². The smallest absolute Gasteiger partial charge is 0.147 e. The third-order valence-corrected chi connectivity index (χ3v) is 3.29. The van der Waals surface area contributed by atoms with Gasteiger partial charge >= 0.3 is 0 Å². The minimum atomic E-state index is -0.600. The number of benzene rings is 2. The largest absolute Gasteiger partial charge is 0.397 e. The van der Waals surface area contributed by atoms with Gasteiger partial charge < -0.3 is 11.1 Å². The highest BCUT2D eigenvalue weighted by molar-refractivity contribution is 14.1. The third kappa shape index (κ3) is 2.93. The van der Waals surface area contributed by atoms with Crippen molar-refractivity contribution in [3.63, 3.8) is 0 Å². The molecule has 0 bridgehead atoms. The first-order valence-corrected chi connectivity index (χ1v) is 6.30. The van der Waals surface area contributed by atoms with Gasteiger partial charge in [-0.1, -0.05) is 0 Å². The van der Waals surface area contributed by atoms with Gasteiger partial charge in [0.25, 0.3) is 0 Å². The molecule has 0 fully saturated rings. The minimum Gasteiger partial charge on any atom is -0.397 e. The summed E-state index contributed by atoms with van der Waals surface area (Å²) in [7, 11) is 0. The molecule has 2 rings (SSSR count). The average Bonchev–Trinajstić information content (AvgIpc) is 2.38. The molecule has 0 radical (unpaired) electrons. The van der Waals surface area contributed by atoms with Crippen molar-refractivity contribution in [3.8, 4) is 6.07 Å². The fourth-order valence-electron chi connectivity index (χ4n) is 1.50. The number of nitrogen functional groups attached to an aromatic ring is 1. The van der Waals surface area contributed by atoms with Crippen LogP contribution in [0.15, 0.2) is 30.3 Å². The first-order chi connectivity index (χ1) is 9.01. The SMILES string of the molecule is N#Cc1ccc(Nc2cc(F)c(I)cc2N)c(F)c1. The molecule has 0 aliphatic carbocycles. The molecule has 6 heteroatoms. The fourth-order valence-corrected chi connectivity index (χ4v) is 1.99. The van der Waals surface area contributed by atoms with Gasteiger partial charge in [-0.15, -0.1) is 0 Å². The fraction of sp³-hybridized carbons (Fsp3) is 0. The van der Waals surface area contributed by atoms with E-state index in [1.807, 2.05) is 28.7 Å². The molecule has 0 saturated heterocycles. The number of nitriles is 1. The summed E-state index contributed by atoms with van der Waals surface area (Å²) < 4.78 is 27.5. The Morgan fingerprint density at radius 3 is 2.47 bits per heavy atom. The van der Waals surface area contributed by atoms with Crippen LogP contribution in [0.3, 0.4) is 0 Å². The Morgan fingerprint density at radius 2 is 1.84 bits per heavy atom. The monoisotopic (exact) mass is 371 g/mol. The van der Waals surface area contributed by atoms with Gasteiger partial charge in [-0.05, 0) is 46.9 Å². The molecule has 0 amide bonds. The van der Waals surface area contributed by atoms with Gasteiger partial charge in [-0.2, -0.15) is 5.26 Å². The second-order valence-electron chi connectivity index (χ2n) is 3.78. The molecule has 19 heavy (non-hydrogen) atoms. The van der Waals surface area contributed by atoms with Crippen molar-refractivity contribution < 1.29 is 8.78 Å². The lowest BCUT2D eigenvalue weighted by Gasteiger charge is -2.11. The van der Waals surface area contributed by atoms with Crippen LogP contribution in [0.25, 0.3) is 0 Å². The van der Waals surface area contributed by atoms with Crippen molar-refractivity contribution in [2.45, 2.75) is 0 Å². The quantitative estimate of drug-likeness (QED) is 0.624. The molecule has 2 aromatic carbocycles. The van der Waals surface area contributed by atoms with Crippen LogP contribution in [0.5, 0.6) is 0 Å². The summed E-state index contributed by atoms with van der Waals surface area (Å²) >= 11 is 1.82. The van der Waals surface area contributed by atoms with E-state index >= 15 is 0 Å². The van der Waals surface area contributed by atoms with Crippen LogP contribution in [-0.2, 0) is 0 Å². The zero-order chi connectivity index (χ0) is 14.0. The number of hydrogen-bond donors (Lipinski definition) is 2. The van der Waals surface area contributed by atoms with Crippen molar-refractivity contribution in [2.75, 3.05) is 11.1 Å². The molecule has 0 aliphatic rings. The van der Waals surface area contributed by atoms with Crippen molar-refractivity contribution >= 4 is 39.7 Å². The van der Waals surface area contributed by atoms with E-state index in [1.165, 1.54) is 24.3 Å². The highest BCUT2D eigenvalue weighted by Crippen LogP contribution is 2.28. The topological polar surface area (TPSA) is 61.8 Å². The van der Waals surface area contributed by atoms with Crippen LogP contribution in [0.1, 0.15) is 5.56 Å². The molecule has 0 aliphatic heterocycles. The minimum absolute atomic E-state index is 0.131.